The largest absolute Gasteiger partial charge is 0.342 e. The van der Waals surface area contributed by atoms with E-state index in [1.165, 1.54) is 6.42 Å². The summed E-state index contributed by atoms with van der Waals surface area (Å²) in [6.45, 7) is 12.9. The first-order valence-electron chi connectivity index (χ1n) is 7.43. The third kappa shape index (κ3) is 5.38. The van der Waals surface area contributed by atoms with Gasteiger partial charge in [-0.1, -0.05) is 27.7 Å². The molecule has 0 bridgehead atoms. The van der Waals surface area contributed by atoms with Gasteiger partial charge < -0.3 is 10.2 Å². The number of rotatable bonds is 6. The smallest absolute Gasteiger partial charge is 0.222 e. The van der Waals surface area contributed by atoms with Crippen LogP contribution in [-0.2, 0) is 4.79 Å². The Labute approximate surface area is 112 Å². The zero-order valence-electron chi connectivity index (χ0n) is 12.6. The Kier molecular flexibility index (Phi) is 6.13. The SMILES string of the molecule is CCCNCC(C)CN1CCC(C)(C)CCC1=O. The van der Waals surface area contributed by atoms with E-state index in [4.69, 9.17) is 0 Å². The number of amides is 1. The number of nitrogens with zero attached hydrogens (tertiary/aromatic N) is 1. The molecule has 1 heterocycles. The van der Waals surface area contributed by atoms with E-state index >= 15 is 0 Å². The van der Waals surface area contributed by atoms with E-state index in [1.807, 2.05) is 0 Å². The van der Waals surface area contributed by atoms with Gasteiger partial charge in [-0.15, -0.1) is 0 Å². The van der Waals surface area contributed by atoms with E-state index in [9.17, 15) is 4.79 Å². The molecular weight excluding hydrogens is 224 g/mol. The molecule has 1 aliphatic rings. The van der Waals surface area contributed by atoms with Crippen LogP contribution in [0.5, 0.6) is 0 Å². The van der Waals surface area contributed by atoms with Gasteiger partial charge in [0.2, 0.25) is 5.91 Å². The highest BCUT2D eigenvalue weighted by molar-refractivity contribution is 5.76. The molecule has 1 N–H and O–H groups in total. The highest BCUT2D eigenvalue weighted by Crippen LogP contribution is 2.30. The molecular formula is C15H30N2O. The molecule has 18 heavy (non-hydrogen) atoms. The zero-order chi connectivity index (χ0) is 13.6. The summed E-state index contributed by atoms with van der Waals surface area (Å²) in [6, 6.07) is 0. The molecule has 1 amide bonds. The van der Waals surface area contributed by atoms with E-state index in [0.717, 1.165) is 45.4 Å². The fourth-order valence-corrected chi connectivity index (χ4v) is 2.45. The second-order valence-corrected chi connectivity index (χ2v) is 6.56. The van der Waals surface area contributed by atoms with E-state index in [0.29, 0.717) is 17.2 Å². The monoisotopic (exact) mass is 254 g/mol. The van der Waals surface area contributed by atoms with Crippen LogP contribution in [0, 0.1) is 11.3 Å². The van der Waals surface area contributed by atoms with Gasteiger partial charge in [0.05, 0.1) is 0 Å². The van der Waals surface area contributed by atoms with Crippen LogP contribution in [0.3, 0.4) is 0 Å². The molecule has 0 saturated carbocycles. The van der Waals surface area contributed by atoms with Gasteiger partial charge in [0.15, 0.2) is 0 Å². The number of carbonyl (C=O) groups is 1. The molecule has 0 aliphatic carbocycles. The van der Waals surface area contributed by atoms with Crippen LogP contribution in [0.4, 0.5) is 0 Å². The summed E-state index contributed by atoms with van der Waals surface area (Å²) in [4.78, 5) is 14.1. The van der Waals surface area contributed by atoms with E-state index < -0.39 is 0 Å². The first-order valence-corrected chi connectivity index (χ1v) is 7.43. The van der Waals surface area contributed by atoms with Crippen LogP contribution in [0.2, 0.25) is 0 Å². The Bertz CT molecular complexity index is 263. The van der Waals surface area contributed by atoms with Crippen LogP contribution in [0.25, 0.3) is 0 Å². The average molecular weight is 254 g/mol. The molecule has 1 aliphatic heterocycles. The van der Waals surface area contributed by atoms with Crippen molar-refractivity contribution in [1.82, 2.24) is 10.2 Å². The first kappa shape index (κ1) is 15.5. The summed E-state index contributed by atoms with van der Waals surface area (Å²) in [5, 5.41) is 3.43. The molecule has 1 rings (SSSR count). The van der Waals surface area contributed by atoms with Gasteiger partial charge in [0.1, 0.15) is 0 Å². The van der Waals surface area contributed by atoms with Gasteiger partial charge in [-0.3, -0.25) is 4.79 Å². The minimum Gasteiger partial charge on any atom is -0.342 e. The van der Waals surface area contributed by atoms with Gasteiger partial charge in [0, 0.05) is 19.5 Å². The molecule has 3 heteroatoms. The Balaban J connectivity index is 2.38. The summed E-state index contributed by atoms with van der Waals surface area (Å²) in [6.07, 6.45) is 4.06. The lowest BCUT2D eigenvalue weighted by atomic mass is 9.85. The highest BCUT2D eigenvalue weighted by Gasteiger charge is 2.27. The number of nitrogens with one attached hydrogen (secondary N) is 1. The van der Waals surface area contributed by atoms with E-state index in [2.05, 4.69) is 37.9 Å². The summed E-state index contributed by atoms with van der Waals surface area (Å²) < 4.78 is 0. The van der Waals surface area contributed by atoms with Gasteiger partial charge >= 0.3 is 0 Å². The van der Waals surface area contributed by atoms with Crippen LogP contribution in [0.15, 0.2) is 0 Å². The molecule has 0 aromatic heterocycles. The van der Waals surface area contributed by atoms with Crippen molar-refractivity contribution in [3.63, 3.8) is 0 Å². The Morgan fingerprint density at radius 1 is 1.39 bits per heavy atom. The number of carbonyl (C=O) groups excluding carboxylic acids is 1. The molecule has 1 atom stereocenters. The van der Waals surface area contributed by atoms with Gasteiger partial charge in [-0.05, 0) is 43.7 Å². The number of hydrogen-bond donors (Lipinski definition) is 1. The van der Waals surface area contributed by atoms with E-state index in [1.54, 1.807) is 0 Å². The molecule has 106 valence electrons. The lowest BCUT2D eigenvalue weighted by molar-refractivity contribution is -0.131. The third-order valence-electron chi connectivity index (χ3n) is 3.88. The zero-order valence-corrected chi connectivity index (χ0v) is 12.6. The van der Waals surface area contributed by atoms with Crippen LogP contribution >= 0.6 is 0 Å². The van der Waals surface area contributed by atoms with Crippen molar-refractivity contribution in [2.75, 3.05) is 26.2 Å². The topological polar surface area (TPSA) is 32.3 Å². The maximum Gasteiger partial charge on any atom is 0.222 e. The Hall–Kier alpha value is -0.570. The lowest BCUT2D eigenvalue weighted by Crippen LogP contribution is -2.37. The normalized spacial score (nSPS) is 21.8. The van der Waals surface area contributed by atoms with Crippen molar-refractivity contribution >= 4 is 5.91 Å². The first-order chi connectivity index (χ1) is 8.44. The minimum atomic E-state index is 0.327. The van der Waals surface area contributed by atoms with Crippen LogP contribution in [-0.4, -0.2) is 37.0 Å². The molecule has 1 fully saturated rings. The quantitative estimate of drug-likeness (QED) is 0.739. The minimum absolute atomic E-state index is 0.327. The summed E-state index contributed by atoms with van der Waals surface area (Å²) >= 11 is 0. The molecule has 1 unspecified atom stereocenters. The summed E-state index contributed by atoms with van der Waals surface area (Å²) in [7, 11) is 0. The lowest BCUT2D eigenvalue weighted by Gasteiger charge is -2.26. The fourth-order valence-electron chi connectivity index (χ4n) is 2.45. The Morgan fingerprint density at radius 2 is 2.11 bits per heavy atom. The second-order valence-electron chi connectivity index (χ2n) is 6.56. The van der Waals surface area contributed by atoms with Crippen molar-refractivity contribution in [2.45, 2.75) is 53.4 Å². The summed E-state index contributed by atoms with van der Waals surface area (Å²) in [5.41, 5.74) is 0.327. The molecule has 1 saturated heterocycles. The number of likely N-dealkylation sites (tertiary alicyclic amines) is 1. The second kappa shape index (κ2) is 7.13. The van der Waals surface area contributed by atoms with Gasteiger partial charge in [0.25, 0.3) is 0 Å². The van der Waals surface area contributed by atoms with Gasteiger partial charge in [-0.25, -0.2) is 0 Å². The van der Waals surface area contributed by atoms with Crippen LogP contribution < -0.4 is 5.32 Å². The van der Waals surface area contributed by atoms with Crippen molar-refractivity contribution in [2.24, 2.45) is 11.3 Å². The van der Waals surface area contributed by atoms with E-state index in [-0.39, 0.29) is 0 Å². The van der Waals surface area contributed by atoms with Crippen molar-refractivity contribution in [3.8, 4) is 0 Å². The van der Waals surface area contributed by atoms with Crippen molar-refractivity contribution in [3.05, 3.63) is 0 Å². The molecule has 0 aromatic carbocycles. The third-order valence-corrected chi connectivity index (χ3v) is 3.88. The standard InChI is InChI=1S/C15H30N2O/c1-5-9-16-11-13(2)12-17-10-8-15(3,4)7-6-14(17)18/h13,16H,5-12H2,1-4H3. The maximum atomic E-state index is 12.1. The van der Waals surface area contributed by atoms with Crippen LogP contribution in [0.1, 0.15) is 53.4 Å². The van der Waals surface area contributed by atoms with Gasteiger partial charge in [-0.2, -0.15) is 0 Å². The molecule has 0 radical (unpaired) electrons. The highest BCUT2D eigenvalue weighted by atomic mass is 16.2. The average Bonchev–Trinajstić information content (AvgIpc) is 2.43. The van der Waals surface area contributed by atoms with Crippen molar-refractivity contribution in [1.29, 1.82) is 0 Å². The Morgan fingerprint density at radius 3 is 2.78 bits per heavy atom. The number of hydrogen-bond acceptors (Lipinski definition) is 2. The molecule has 0 aromatic rings. The molecule has 0 spiro atoms. The molecule has 3 nitrogen and oxygen atoms in total. The summed E-state index contributed by atoms with van der Waals surface area (Å²) in [5.74, 6) is 0.893. The predicted molar refractivity (Wildman–Crippen MR) is 76.5 cm³/mol. The fraction of sp³-hybridized carbons (Fsp3) is 0.933. The predicted octanol–water partition coefficient (Wildman–Crippen LogP) is 2.66. The maximum absolute atomic E-state index is 12.1. The van der Waals surface area contributed by atoms with Crippen molar-refractivity contribution < 1.29 is 4.79 Å².